The molecule has 1 aliphatic heterocycles. The predicted octanol–water partition coefficient (Wildman–Crippen LogP) is 2.34. The maximum Gasteiger partial charge on any atom is 0.442 e. The first-order valence-electron chi connectivity index (χ1n) is 7.45. The molecular weight excluding hydrogens is 351 g/mol. The number of amides is 1. The molecule has 2 aromatic rings. The van der Waals surface area contributed by atoms with Crippen LogP contribution in [-0.4, -0.2) is 40.0 Å². The standard InChI is InChI=1S/C17H14F3N3O3/c1-26-12-6-4-5-11(9-12)15(24)23-16(25,17(18,19)20)10-14(22-23)13-7-2-3-8-21-13/h2-10,22,25H,1H3/t16-/m0/s1. The number of halogens is 3. The Kier molecular flexibility index (Phi) is 4.33. The SMILES string of the molecule is COc1cccc(C(=O)N2NC(c3ccccn3)=C[C@]2(O)C(F)(F)F)c1. The van der Waals surface area contributed by atoms with Gasteiger partial charge in [-0.05, 0) is 30.3 Å². The lowest BCUT2D eigenvalue weighted by Crippen LogP contribution is -2.60. The Morgan fingerprint density at radius 3 is 2.65 bits per heavy atom. The Morgan fingerprint density at radius 1 is 1.27 bits per heavy atom. The number of aliphatic hydroxyl groups is 1. The predicted molar refractivity (Wildman–Crippen MR) is 85.5 cm³/mol. The van der Waals surface area contributed by atoms with Crippen molar-refractivity contribution in [2.24, 2.45) is 0 Å². The lowest BCUT2D eigenvalue weighted by Gasteiger charge is -2.33. The maximum atomic E-state index is 13.5. The molecule has 3 rings (SSSR count). The van der Waals surface area contributed by atoms with E-state index in [0.717, 1.165) is 0 Å². The van der Waals surface area contributed by atoms with Crippen molar-refractivity contribution in [3.63, 3.8) is 0 Å². The zero-order chi connectivity index (χ0) is 18.9. The summed E-state index contributed by atoms with van der Waals surface area (Å²) in [5, 5.41) is 10.4. The molecule has 0 bridgehead atoms. The number of hydrazine groups is 1. The highest BCUT2D eigenvalue weighted by Gasteiger charge is 2.62. The van der Waals surface area contributed by atoms with Crippen molar-refractivity contribution < 1.29 is 27.8 Å². The van der Waals surface area contributed by atoms with Crippen LogP contribution in [0.1, 0.15) is 16.1 Å². The Hall–Kier alpha value is -3.07. The molecule has 0 saturated heterocycles. The average molecular weight is 365 g/mol. The molecular formula is C17H14F3N3O3. The summed E-state index contributed by atoms with van der Waals surface area (Å²) in [7, 11) is 1.37. The van der Waals surface area contributed by atoms with E-state index in [1.54, 1.807) is 18.2 Å². The molecule has 1 aromatic carbocycles. The van der Waals surface area contributed by atoms with Crippen molar-refractivity contribution in [2.75, 3.05) is 7.11 Å². The molecule has 0 aliphatic carbocycles. The van der Waals surface area contributed by atoms with E-state index in [4.69, 9.17) is 4.74 Å². The van der Waals surface area contributed by atoms with Crippen molar-refractivity contribution in [2.45, 2.75) is 11.9 Å². The molecule has 0 fully saturated rings. The van der Waals surface area contributed by atoms with Crippen molar-refractivity contribution in [3.05, 3.63) is 66.0 Å². The smallest absolute Gasteiger partial charge is 0.442 e. The van der Waals surface area contributed by atoms with Gasteiger partial charge >= 0.3 is 6.18 Å². The minimum absolute atomic E-state index is 0.0878. The molecule has 0 radical (unpaired) electrons. The molecule has 136 valence electrons. The molecule has 2 N–H and O–H groups in total. The van der Waals surface area contributed by atoms with E-state index >= 15 is 0 Å². The van der Waals surface area contributed by atoms with E-state index in [9.17, 15) is 23.1 Å². The first-order chi connectivity index (χ1) is 12.3. The summed E-state index contributed by atoms with van der Waals surface area (Å²) in [6.45, 7) is 0. The number of nitrogens with zero attached hydrogens (tertiary/aromatic N) is 2. The fourth-order valence-corrected chi connectivity index (χ4v) is 2.46. The van der Waals surface area contributed by atoms with Gasteiger partial charge in [-0.3, -0.25) is 15.2 Å². The Balaban J connectivity index is 2.02. The lowest BCUT2D eigenvalue weighted by molar-refractivity contribution is -0.283. The number of hydrogen-bond donors (Lipinski definition) is 2. The fraction of sp³-hybridized carbons (Fsp3) is 0.176. The number of benzene rings is 1. The molecule has 0 spiro atoms. The second kappa shape index (κ2) is 6.34. The quantitative estimate of drug-likeness (QED) is 0.873. The molecule has 1 amide bonds. The van der Waals surface area contributed by atoms with E-state index in [1.807, 2.05) is 0 Å². The van der Waals surface area contributed by atoms with E-state index < -0.39 is 17.8 Å². The van der Waals surface area contributed by atoms with E-state index in [-0.39, 0.29) is 22.0 Å². The monoisotopic (exact) mass is 365 g/mol. The Morgan fingerprint density at radius 2 is 2.04 bits per heavy atom. The molecule has 1 aromatic heterocycles. The summed E-state index contributed by atoms with van der Waals surface area (Å²) in [4.78, 5) is 16.6. The van der Waals surface area contributed by atoms with Crippen LogP contribution in [0.5, 0.6) is 5.75 Å². The van der Waals surface area contributed by atoms with Crippen LogP contribution in [0, 0.1) is 0 Å². The number of methoxy groups -OCH3 is 1. The van der Waals surface area contributed by atoms with Crippen molar-refractivity contribution in [1.29, 1.82) is 0 Å². The zero-order valence-electron chi connectivity index (χ0n) is 13.5. The van der Waals surface area contributed by atoms with Crippen LogP contribution in [0.25, 0.3) is 5.70 Å². The normalized spacial score (nSPS) is 19.7. The minimum Gasteiger partial charge on any atom is -0.497 e. The van der Waals surface area contributed by atoms with Gasteiger partial charge in [0.25, 0.3) is 11.6 Å². The van der Waals surface area contributed by atoms with E-state index in [1.165, 1.54) is 37.6 Å². The number of carbonyl (C=O) groups is 1. The van der Waals surface area contributed by atoms with E-state index in [0.29, 0.717) is 11.8 Å². The number of ether oxygens (including phenoxy) is 1. The van der Waals surface area contributed by atoms with Gasteiger partial charge in [0.1, 0.15) is 5.75 Å². The van der Waals surface area contributed by atoms with Gasteiger partial charge in [-0.2, -0.15) is 13.2 Å². The molecule has 1 aliphatic rings. The highest BCUT2D eigenvalue weighted by atomic mass is 19.4. The summed E-state index contributed by atoms with van der Waals surface area (Å²) < 4.78 is 45.6. The van der Waals surface area contributed by atoms with Crippen LogP contribution in [0.15, 0.2) is 54.7 Å². The summed E-state index contributed by atoms with van der Waals surface area (Å²) >= 11 is 0. The fourth-order valence-electron chi connectivity index (χ4n) is 2.46. The van der Waals surface area contributed by atoms with Crippen LogP contribution >= 0.6 is 0 Å². The third kappa shape index (κ3) is 2.97. The number of pyridine rings is 1. The maximum absolute atomic E-state index is 13.5. The van der Waals surface area contributed by atoms with Crippen LogP contribution in [0.2, 0.25) is 0 Å². The second-order valence-corrected chi connectivity index (χ2v) is 5.48. The summed E-state index contributed by atoms with van der Waals surface area (Å²) in [5.41, 5.74) is -1.29. The van der Waals surface area contributed by atoms with Gasteiger partial charge in [0, 0.05) is 17.8 Å². The summed E-state index contributed by atoms with van der Waals surface area (Å²) in [6, 6.07) is 10.2. The van der Waals surface area contributed by atoms with Gasteiger partial charge in [-0.15, -0.1) is 0 Å². The molecule has 9 heteroatoms. The highest BCUT2D eigenvalue weighted by Crippen LogP contribution is 2.40. The minimum atomic E-state index is -5.13. The van der Waals surface area contributed by atoms with Gasteiger partial charge in [0.05, 0.1) is 18.5 Å². The van der Waals surface area contributed by atoms with Crippen LogP contribution in [0.4, 0.5) is 13.2 Å². The molecule has 1 atom stereocenters. The molecule has 6 nitrogen and oxygen atoms in total. The average Bonchev–Trinajstić information content (AvgIpc) is 3.01. The molecule has 26 heavy (non-hydrogen) atoms. The van der Waals surface area contributed by atoms with Crippen LogP contribution < -0.4 is 10.2 Å². The number of carbonyl (C=O) groups excluding carboxylic acids is 1. The number of hydrogen-bond acceptors (Lipinski definition) is 5. The number of alkyl halides is 3. The van der Waals surface area contributed by atoms with Crippen molar-refractivity contribution in [1.82, 2.24) is 15.4 Å². The van der Waals surface area contributed by atoms with Gasteiger partial charge in [0.15, 0.2) is 0 Å². The van der Waals surface area contributed by atoms with Crippen molar-refractivity contribution >= 4 is 11.6 Å². The number of aromatic nitrogens is 1. The molecule has 0 unspecified atom stereocenters. The Labute approximate surface area is 146 Å². The van der Waals surface area contributed by atoms with E-state index in [2.05, 4.69) is 10.4 Å². The first kappa shape index (κ1) is 17.7. The first-order valence-corrected chi connectivity index (χ1v) is 7.45. The van der Waals surface area contributed by atoms with Gasteiger partial charge < -0.3 is 9.84 Å². The van der Waals surface area contributed by atoms with Gasteiger partial charge in [-0.1, -0.05) is 12.1 Å². The topological polar surface area (TPSA) is 74.7 Å². The molecule has 2 heterocycles. The Bertz CT molecular complexity index is 855. The van der Waals surface area contributed by atoms with Crippen molar-refractivity contribution in [3.8, 4) is 5.75 Å². The molecule has 0 saturated carbocycles. The van der Waals surface area contributed by atoms with Gasteiger partial charge in [0.2, 0.25) is 0 Å². The van der Waals surface area contributed by atoms with Crippen LogP contribution in [0.3, 0.4) is 0 Å². The summed E-state index contributed by atoms with van der Waals surface area (Å²) in [5.74, 6) is -0.783. The third-order valence-corrected chi connectivity index (χ3v) is 3.80. The van der Waals surface area contributed by atoms with Gasteiger partial charge in [-0.25, -0.2) is 5.01 Å². The number of rotatable bonds is 3. The largest absolute Gasteiger partial charge is 0.497 e. The summed E-state index contributed by atoms with van der Waals surface area (Å²) in [6.07, 6.45) is -3.23. The van der Waals surface area contributed by atoms with Crippen LogP contribution in [-0.2, 0) is 0 Å². The lowest BCUT2D eigenvalue weighted by atomic mass is 10.1. The highest BCUT2D eigenvalue weighted by molar-refractivity contribution is 5.96. The number of nitrogens with one attached hydrogen (secondary N) is 1. The second-order valence-electron chi connectivity index (χ2n) is 5.48. The third-order valence-electron chi connectivity index (χ3n) is 3.80. The zero-order valence-corrected chi connectivity index (χ0v) is 13.5.